The second kappa shape index (κ2) is 9.10. The van der Waals surface area contributed by atoms with E-state index >= 15 is 0 Å². The second-order valence-electron chi connectivity index (χ2n) is 6.16. The summed E-state index contributed by atoms with van der Waals surface area (Å²) in [5.41, 5.74) is 2.16. The van der Waals surface area contributed by atoms with Crippen molar-refractivity contribution in [1.82, 2.24) is 5.32 Å². The third-order valence-corrected chi connectivity index (χ3v) is 5.48. The van der Waals surface area contributed by atoms with Crippen LogP contribution < -0.4 is 5.32 Å². The van der Waals surface area contributed by atoms with E-state index in [0.29, 0.717) is 5.02 Å². The second-order valence-corrected chi connectivity index (χ2v) is 7.69. The first-order chi connectivity index (χ1) is 12.6. The van der Waals surface area contributed by atoms with E-state index in [9.17, 15) is 9.59 Å². The number of benzene rings is 2. The number of esters is 1. The average molecular weight is 390 g/mol. The van der Waals surface area contributed by atoms with Crippen LogP contribution in [0.1, 0.15) is 29.2 Å². The van der Waals surface area contributed by atoms with Gasteiger partial charge in [-0.05, 0) is 36.1 Å². The highest BCUT2D eigenvalue weighted by Gasteiger charge is 2.24. The SMILES string of the molecule is O=C(COC(=O)CS[C@@H](c1ccccc1)c1ccc(Cl)cc1)NC1CC1. The molecule has 2 aromatic carbocycles. The number of hydrogen-bond donors (Lipinski definition) is 1. The Morgan fingerprint density at radius 3 is 2.38 bits per heavy atom. The van der Waals surface area contributed by atoms with Crippen molar-refractivity contribution in [3.05, 3.63) is 70.7 Å². The largest absolute Gasteiger partial charge is 0.455 e. The lowest BCUT2D eigenvalue weighted by atomic mass is 10.0. The van der Waals surface area contributed by atoms with E-state index in [1.807, 2.05) is 54.6 Å². The van der Waals surface area contributed by atoms with Crippen LogP contribution in [0.4, 0.5) is 0 Å². The lowest BCUT2D eigenvalue weighted by Crippen LogP contribution is -2.30. The summed E-state index contributed by atoms with van der Waals surface area (Å²) >= 11 is 7.45. The van der Waals surface area contributed by atoms with Crippen molar-refractivity contribution in [2.24, 2.45) is 0 Å². The number of carbonyl (C=O) groups excluding carboxylic acids is 2. The Morgan fingerprint density at radius 2 is 1.73 bits per heavy atom. The molecular formula is C20H20ClNO3S. The topological polar surface area (TPSA) is 55.4 Å². The number of amides is 1. The quantitative estimate of drug-likeness (QED) is 0.694. The lowest BCUT2D eigenvalue weighted by molar-refractivity contribution is -0.145. The van der Waals surface area contributed by atoms with Crippen molar-refractivity contribution in [1.29, 1.82) is 0 Å². The first kappa shape index (κ1) is 18.8. The maximum Gasteiger partial charge on any atom is 0.316 e. The zero-order valence-corrected chi connectivity index (χ0v) is 15.8. The molecule has 3 rings (SSSR count). The minimum absolute atomic E-state index is 0.0127. The average Bonchev–Trinajstić information content (AvgIpc) is 3.46. The van der Waals surface area contributed by atoms with Gasteiger partial charge in [-0.2, -0.15) is 0 Å². The highest BCUT2D eigenvalue weighted by atomic mass is 35.5. The van der Waals surface area contributed by atoms with Crippen molar-refractivity contribution >= 4 is 35.2 Å². The Bertz CT molecular complexity index is 747. The molecule has 4 nitrogen and oxygen atoms in total. The van der Waals surface area contributed by atoms with Crippen LogP contribution in [0.2, 0.25) is 5.02 Å². The van der Waals surface area contributed by atoms with Gasteiger partial charge in [0, 0.05) is 11.1 Å². The number of carbonyl (C=O) groups is 2. The summed E-state index contributed by atoms with van der Waals surface area (Å²) in [5.74, 6) is -0.460. The van der Waals surface area contributed by atoms with Crippen LogP contribution in [-0.4, -0.2) is 30.3 Å². The maximum atomic E-state index is 12.0. The maximum absolute atomic E-state index is 12.0. The molecule has 1 atom stereocenters. The number of nitrogens with one attached hydrogen (secondary N) is 1. The smallest absolute Gasteiger partial charge is 0.316 e. The van der Waals surface area contributed by atoms with E-state index in [4.69, 9.17) is 16.3 Å². The summed E-state index contributed by atoms with van der Waals surface area (Å²) in [6, 6.07) is 17.8. The molecule has 136 valence electrons. The summed E-state index contributed by atoms with van der Waals surface area (Å²) in [6.07, 6.45) is 2.02. The van der Waals surface area contributed by atoms with Gasteiger partial charge in [0.2, 0.25) is 0 Å². The monoisotopic (exact) mass is 389 g/mol. The van der Waals surface area contributed by atoms with Gasteiger partial charge in [0.25, 0.3) is 5.91 Å². The number of rotatable bonds is 8. The van der Waals surface area contributed by atoms with Crippen molar-refractivity contribution in [3.8, 4) is 0 Å². The van der Waals surface area contributed by atoms with Crippen LogP contribution in [-0.2, 0) is 14.3 Å². The fraction of sp³-hybridized carbons (Fsp3) is 0.300. The van der Waals surface area contributed by atoms with Gasteiger partial charge in [0.1, 0.15) is 0 Å². The molecule has 1 saturated carbocycles. The molecule has 1 amide bonds. The molecule has 0 radical (unpaired) electrons. The van der Waals surface area contributed by atoms with Gasteiger partial charge in [0.15, 0.2) is 6.61 Å². The van der Waals surface area contributed by atoms with Crippen molar-refractivity contribution in [2.75, 3.05) is 12.4 Å². The molecule has 6 heteroatoms. The Hall–Kier alpha value is -1.98. The number of halogens is 1. The molecule has 2 aromatic rings. The van der Waals surface area contributed by atoms with Crippen LogP contribution >= 0.6 is 23.4 Å². The first-order valence-corrected chi connectivity index (χ1v) is 9.91. The van der Waals surface area contributed by atoms with Gasteiger partial charge in [-0.25, -0.2) is 0 Å². The van der Waals surface area contributed by atoms with Crippen LogP contribution in [0.3, 0.4) is 0 Å². The predicted octanol–water partition coefficient (Wildman–Crippen LogP) is 3.98. The molecule has 26 heavy (non-hydrogen) atoms. The van der Waals surface area contributed by atoms with Crippen molar-refractivity contribution < 1.29 is 14.3 Å². The van der Waals surface area contributed by atoms with E-state index in [-0.39, 0.29) is 29.6 Å². The highest BCUT2D eigenvalue weighted by Crippen LogP contribution is 2.36. The number of hydrogen-bond acceptors (Lipinski definition) is 4. The van der Waals surface area contributed by atoms with Crippen LogP contribution in [0.15, 0.2) is 54.6 Å². The van der Waals surface area contributed by atoms with Crippen LogP contribution in [0.25, 0.3) is 0 Å². The molecule has 1 aliphatic carbocycles. The van der Waals surface area contributed by atoms with Gasteiger partial charge in [-0.1, -0.05) is 54.1 Å². The molecule has 1 aliphatic rings. The summed E-state index contributed by atoms with van der Waals surface area (Å²) in [6.45, 7) is -0.215. The van der Waals surface area contributed by atoms with Crippen molar-refractivity contribution in [3.63, 3.8) is 0 Å². The van der Waals surface area contributed by atoms with Gasteiger partial charge in [-0.3, -0.25) is 9.59 Å². The van der Waals surface area contributed by atoms with E-state index in [0.717, 1.165) is 24.0 Å². The van der Waals surface area contributed by atoms with E-state index in [2.05, 4.69) is 5.32 Å². The minimum Gasteiger partial charge on any atom is -0.455 e. The fourth-order valence-corrected chi connectivity index (χ4v) is 3.70. The molecule has 0 aliphatic heterocycles. The Morgan fingerprint density at radius 1 is 1.08 bits per heavy atom. The first-order valence-electron chi connectivity index (χ1n) is 8.49. The molecule has 0 heterocycles. The van der Waals surface area contributed by atoms with Gasteiger partial charge in [0.05, 0.1) is 11.0 Å². The Kier molecular flexibility index (Phi) is 6.58. The molecule has 0 bridgehead atoms. The summed E-state index contributed by atoms with van der Waals surface area (Å²) < 4.78 is 5.08. The molecule has 1 fully saturated rings. The zero-order chi connectivity index (χ0) is 18.4. The van der Waals surface area contributed by atoms with E-state index < -0.39 is 5.97 Å². The number of ether oxygens (including phenoxy) is 1. The normalized spacial score (nSPS) is 14.5. The third kappa shape index (κ3) is 5.78. The fourth-order valence-electron chi connectivity index (χ4n) is 2.49. The van der Waals surface area contributed by atoms with Gasteiger partial charge >= 0.3 is 5.97 Å². The predicted molar refractivity (Wildman–Crippen MR) is 104 cm³/mol. The van der Waals surface area contributed by atoms with Crippen LogP contribution in [0.5, 0.6) is 0 Å². The Balaban J connectivity index is 1.57. The molecule has 0 aromatic heterocycles. The molecule has 0 unspecified atom stereocenters. The lowest BCUT2D eigenvalue weighted by Gasteiger charge is -2.17. The summed E-state index contributed by atoms with van der Waals surface area (Å²) in [7, 11) is 0. The summed E-state index contributed by atoms with van der Waals surface area (Å²) in [5, 5.41) is 3.46. The standard InChI is InChI=1S/C20H20ClNO3S/c21-16-8-6-15(7-9-16)20(14-4-2-1-3-5-14)26-13-19(24)25-12-18(23)22-17-10-11-17/h1-9,17,20H,10-13H2,(H,22,23)/t20-/m0/s1. The molecule has 0 spiro atoms. The molecular weight excluding hydrogens is 370 g/mol. The molecule has 0 saturated heterocycles. The summed E-state index contributed by atoms with van der Waals surface area (Å²) in [4.78, 5) is 23.6. The van der Waals surface area contributed by atoms with Crippen LogP contribution in [0, 0.1) is 0 Å². The number of thioether (sulfide) groups is 1. The van der Waals surface area contributed by atoms with Crippen molar-refractivity contribution in [2.45, 2.75) is 24.1 Å². The van der Waals surface area contributed by atoms with Gasteiger partial charge in [-0.15, -0.1) is 11.8 Å². The van der Waals surface area contributed by atoms with Gasteiger partial charge < -0.3 is 10.1 Å². The minimum atomic E-state index is -0.393. The molecule has 1 N–H and O–H groups in total. The highest BCUT2D eigenvalue weighted by molar-refractivity contribution is 8.00. The van der Waals surface area contributed by atoms with E-state index in [1.165, 1.54) is 11.8 Å². The Labute approximate surface area is 162 Å². The zero-order valence-electron chi connectivity index (χ0n) is 14.2. The third-order valence-electron chi connectivity index (χ3n) is 3.95. The van der Waals surface area contributed by atoms with E-state index in [1.54, 1.807) is 0 Å².